The van der Waals surface area contributed by atoms with Gasteiger partial charge < -0.3 is 5.32 Å². The minimum Gasteiger partial charge on any atom is -0.348 e. The van der Waals surface area contributed by atoms with Crippen LogP contribution in [0.5, 0.6) is 0 Å². The molecule has 0 fully saturated rings. The average molecular weight is 391 g/mol. The number of aryl methyl sites for hydroxylation is 2. The van der Waals surface area contributed by atoms with Crippen molar-refractivity contribution in [2.24, 2.45) is 5.92 Å². The molecule has 2 rings (SSSR count). The minimum absolute atomic E-state index is 0.119. The maximum absolute atomic E-state index is 12.3. The minimum atomic E-state index is 0.119. The number of halogens is 1. The molecule has 0 spiro atoms. The van der Waals surface area contributed by atoms with E-state index < -0.39 is 0 Å². The van der Waals surface area contributed by atoms with Crippen molar-refractivity contribution in [3.05, 3.63) is 21.4 Å². The zero-order chi connectivity index (χ0) is 13.8. The van der Waals surface area contributed by atoms with Crippen LogP contribution in [0.3, 0.4) is 0 Å². The van der Waals surface area contributed by atoms with Crippen LogP contribution >= 0.6 is 33.9 Å². The number of hydrogen-bond acceptors (Lipinski definition) is 2. The first-order chi connectivity index (χ1) is 9.11. The SMILES string of the molecule is CC(C)C(CI)NC(=O)c1cc2c(s1)CCCCC2. The lowest BCUT2D eigenvalue weighted by Gasteiger charge is -2.19. The Bertz CT molecular complexity index is 418. The summed E-state index contributed by atoms with van der Waals surface area (Å²) in [6.45, 7) is 4.32. The summed E-state index contributed by atoms with van der Waals surface area (Å²) in [7, 11) is 0. The van der Waals surface area contributed by atoms with Crippen LogP contribution in [0.15, 0.2) is 6.07 Å². The van der Waals surface area contributed by atoms with Crippen molar-refractivity contribution in [1.82, 2.24) is 5.32 Å². The number of carbonyl (C=O) groups is 1. The highest BCUT2D eigenvalue weighted by Crippen LogP contribution is 2.29. The van der Waals surface area contributed by atoms with Crippen LogP contribution in [0.1, 0.15) is 53.2 Å². The van der Waals surface area contributed by atoms with E-state index >= 15 is 0 Å². The summed E-state index contributed by atoms with van der Waals surface area (Å²) in [6, 6.07) is 2.40. The predicted octanol–water partition coefficient (Wildman–Crippen LogP) is 4.21. The van der Waals surface area contributed by atoms with Crippen molar-refractivity contribution in [1.29, 1.82) is 0 Å². The van der Waals surface area contributed by atoms with Gasteiger partial charge in [0.15, 0.2) is 0 Å². The molecule has 1 aliphatic rings. The second-order valence-electron chi connectivity index (χ2n) is 5.60. The fraction of sp³-hybridized carbons (Fsp3) is 0.667. The Labute approximate surface area is 133 Å². The molecule has 2 nitrogen and oxygen atoms in total. The Hall–Kier alpha value is -0.100. The van der Waals surface area contributed by atoms with Crippen LogP contribution in [0.4, 0.5) is 0 Å². The zero-order valence-electron chi connectivity index (χ0n) is 11.7. The summed E-state index contributed by atoms with van der Waals surface area (Å²) in [5, 5.41) is 3.17. The van der Waals surface area contributed by atoms with Gasteiger partial charge in [0, 0.05) is 15.3 Å². The standard InChI is InChI=1S/C15H22INOS/c1-10(2)12(9-16)17-15(18)14-8-11-6-4-3-5-7-13(11)19-14/h8,10,12H,3-7,9H2,1-2H3,(H,17,18). The summed E-state index contributed by atoms with van der Waals surface area (Å²) in [4.78, 5) is 14.7. The molecule has 0 saturated heterocycles. The highest BCUT2D eigenvalue weighted by Gasteiger charge is 2.20. The number of carbonyl (C=O) groups excluding carboxylic acids is 1. The molecule has 1 heterocycles. The van der Waals surface area contributed by atoms with Crippen molar-refractivity contribution in [2.45, 2.75) is 52.0 Å². The molecule has 0 radical (unpaired) electrons. The monoisotopic (exact) mass is 391 g/mol. The number of rotatable bonds is 4. The van der Waals surface area contributed by atoms with Gasteiger partial charge in [0.25, 0.3) is 5.91 Å². The summed E-state index contributed by atoms with van der Waals surface area (Å²) in [6.07, 6.45) is 6.18. The maximum Gasteiger partial charge on any atom is 0.261 e. The summed E-state index contributed by atoms with van der Waals surface area (Å²) in [5.74, 6) is 0.604. The molecule has 1 amide bonds. The molecule has 1 aliphatic carbocycles. The van der Waals surface area contributed by atoms with E-state index in [2.05, 4.69) is 47.8 Å². The third-order valence-electron chi connectivity index (χ3n) is 3.76. The maximum atomic E-state index is 12.3. The molecule has 1 aromatic rings. The van der Waals surface area contributed by atoms with Gasteiger partial charge in [0.1, 0.15) is 0 Å². The van der Waals surface area contributed by atoms with Gasteiger partial charge in [-0.05, 0) is 43.2 Å². The second kappa shape index (κ2) is 7.07. The third kappa shape index (κ3) is 3.94. The van der Waals surface area contributed by atoms with Crippen LogP contribution in [0.25, 0.3) is 0 Å². The Morgan fingerprint density at radius 3 is 2.79 bits per heavy atom. The van der Waals surface area contributed by atoms with Gasteiger partial charge in [-0.25, -0.2) is 0 Å². The van der Waals surface area contributed by atoms with Gasteiger partial charge in [-0.1, -0.05) is 42.9 Å². The molecule has 106 valence electrons. The Morgan fingerprint density at radius 2 is 2.11 bits per heavy atom. The van der Waals surface area contributed by atoms with Gasteiger partial charge >= 0.3 is 0 Å². The molecule has 1 atom stereocenters. The van der Waals surface area contributed by atoms with E-state index in [4.69, 9.17) is 0 Å². The van der Waals surface area contributed by atoms with E-state index in [0.717, 1.165) is 22.1 Å². The quantitative estimate of drug-likeness (QED) is 0.465. The van der Waals surface area contributed by atoms with Crippen molar-refractivity contribution >= 4 is 39.8 Å². The van der Waals surface area contributed by atoms with Gasteiger partial charge in [-0.3, -0.25) is 4.79 Å². The molecule has 1 N–H and O–H groups in total. The van der Waals surface area contributed by atoms with Crippen LogP contribution in [-0.4, -0.2) is 16.4 Å². The zero-order valence-corrected chi connectivity index (χ0v) is 14.6. The Kier molecular flexibility index (Phi) is 5.69. The van der Waals surface area contributed by atoms with Gasteiger partial charge in [-0.15, -0.1) is 11.3 Å². The Morgan fingerprint density at radius 1 is 1.37 bits per heavy atom. The highest BCUT2D eigenvalue weighted by atomic mass is 127. The first-order valence-electron chi connectivity index (χ1n) is 7.10. The topological polar surface area (TPSA) is 29.1 Å². The third-order valence-corrected chi connectivity index (χ3v) is 5.94. The lowest BCUT2D eigenvalue weighted by molar-refractivity contribution is 0.0936. The lowest BCUT2D eigenvalue weighted by atomic mass is 10.1. The normalized spacial score (nSPS) is 16.8. The molecule has 0 saturated carbocycles. The van der Waals surface area contributed by atoms with Gasteiger partial charge in [0.2, 0.25) is 0 Å². The molecule has 4 heteroatoms. The van der Waals surface area contributed by atoms with Crippen LogP contribution in [-0.2, 0) is 12.8 Å². The van der Waals surface area contributed by atoms with E-state index in [1.807, 2.05) is 0 Å². The Balaban J connectivity index is 2.07. The second-order valence-corrected chi connectivity index (χ2v) is 7.62. The van der Waals surface area contributed by atoms with Crippen molar-refractivity contribution in [3.63, 3.8) is 0 Å². The van der Waals surface area contributed by atoms with E-state index in [-0.39, 0.29) is 11.9 Å². The number of hydrogen-bond donors (Lipinski definition) is 1. The van der Waals surface area contributed by atoms with E-state index in [1.165, 1.54) is 29.7 Å². The number of alkyl halides is 1. The molecule has 0 aromatic carbocycles. The van der Waals surface area contributed by atoms with Crippen molar-refractivity contribution in [3.8, 4) is 0 Å². The number of thiophene rings is 1. The van der Waals surface area contributed by atoms with Crippen molar-refractivity contribution in [2.75, 3.05) is 4.43 Å². The summed E-state index contributed by atoms with van der Waals surface area (Å²) >= 11 is 4.05. The van der Waals surface area contributed by atoms with Crippen LogP contribution in [0.2, 0.25) is 0 Å². The highest BCUT2D eigenvalue weighted by molar-refractivity contribution is 14.1. The summed E-state index contributed by atoms with van der Waals surface area (Å²) < 4.78 is 0.965. The molecule has 0 aliphatic heterocycles. The van der Waals surface area contributed by atoms with E-state index in [0.29, 0.717) is 5.92 Å². The molecular formula is C15H22INOS. The number of fused-ring (bicyclic) bond motifs is 1. The number of nitrogens with one attached hydrogen (secondary N) is 1. The van der Waals surface area contributed by atoms with E-state index in [9.17, 15) is 4.79 Å². The summed E-state index contributed by atoms with van der Waals surface area (Å²) in [5.41, 5.74) is 1.42. The van der Waals surface area contributed by atoms with Gasteiger partial charge in [0.05, 0.1) is 4.88 Å². The van der Waals surface area contributed by atoms with E-state index in [1.54, 1.807) is 11.3 Å². The fourth-order valence-corrected chi connectivity index (χ4v) is 4.80. The largest absolute Gasteiger partial charge is 0.348 e. The molecule has 1 unspecified atom stereocenters. The average Bonchev–Trinajstić information content (AvgIpc) is 2.67. The molecule has 19 heavy (non-hydrogen) atoms. The van der Waals surface area contributed by atoms with Crippen LogP contribution < -0.4 is 5.32 Å². The first kappa shape index (κ1) is 15.3. The lowest BCUT2D eigenvalue weighted by Crippen LogP contribution is -2.39. The first-order valence-corrected chi connectivity index (χ1v) is 9.44. The molecular weight excluding hydrogens is 369 g/mol. The molecule has 1 aromatic heterocycles. The molecule has 0 bridgehead atoms. The van der Waals surface area contributed by atoms with Crippen LogP contribution in [0, 0.1) is 5.92 Å². The number of amides is 1. The van der Waals surface area contributed by atoms with Crippen molar-refractivity contribution < 1.29 is 4.79 Å². The fourth-order valence-electron chi connectivity index (χ4n) is 2.40. The predicted molar refractivity (Wildman–Crippen MR) is 90.6 cm³/mol. The smallest absolute Gasteiger partial charge is 0.261 e. The van der Waals surface area contributed by atoms with Gasteiger partial charge in [-0.2, -0.15) is 0 Å².